The lowest BCUT2D eigenvalue weighted by Gasteiger charge is -2.36. The number of nitrogens with zero attached hydrogens (tertiary/aromatic N) is 2. The van der Waals surface area contributed by atoms with Crippen molar-refractivity contribution in [3.05, 3.63) is 35.1 Å². The highest BCUT2D eigenvalue weighted by Gasteiger charge is 2.21. The van der Waals surface area contributed by atoms with E-state index in [1.165, 1.54) is 12.5 Å². The van der Waals surface area contributed by atoms with Crippen LogP contribution in [0, 0.1) is 5.82 Å². The van der Waals surface area contributed by atoms with Crippen molar-refractivity contribution in [1.29, 1.82) is 0 Å². The van der Waals surface area contributed by atoms with Crippen LogP contribution in [0.25, 0.3) is 0 Å². The van der Waals surface area contributed by atoms with Gasteiger partial charge in [0.2, 0.25) is 0 Å². The number of carboxylic acids is 1. The van der Waals surface area contributed by atoms with Crippen molar-refractivity contribution in [2.75, 3.05) is 27.2 Å². The van der Waals surface area contributed by atoms with E-state index in [1.807, 2.05) is 0 Å². The van der Waals surface area contributed by atoms with Crippen molar-refractivity contribution in [2.45, 2.75) is 25.4 Å². The Hall–Kier alpha value is -1.46. The van der Waals surface area contributed by atoms with Crippen molar-refractivity contribution in [1.82, 2.24) is 9.80 Å². The molecule has 0 bridgehead atoms. The number of benzene rings is 1. The lowest BCUT2D eigenvalue weighted by Crippen LogP contribution is -2.44. The average molecular weight is 280 g/mol. The molecule has 1 aromatic carbocycles. The van der Waals surface area contributed by atoms with Crippen LogP contribution in [0.1, 0.15) is 28.8 Å². The molecule has 1 aliphatic rings. The molecule has 1 aromatic rings. The maximum absolute atomic E-state index is 13.5. The normalized spacial score (nSPS) is 20.3. The summed E-state index contributed by atoms with van der Waals surface area (Å²) in [6, 6.07) is 4.55. The van der Waals surface area contributed by atoms with Crippen LogP contribution < -0.4 is 0 Å². The van der Waals surface area contributed by atoms with Gasteiger partial charge >= 0.3 is 5.97 Å². The Kier molecular flexibility index (Phi) is 4.73. The van der Waals surface area contributed by atoms with E-state index in [0.29, 0.717) is 12.6 Å². The highest BCUT2D eigenvalue weighted by molar-refractivity contribution is 5.87. The molecule has 1 fully saturated rings. The maximum atomic E-state index is 13.5. The summed E-state index contributed by atoms with van der Waals surface area (Å²) < 4.78 is 13.5. The quantitative estimate of drug-likeness (QED) is 0.916. The van der Waals surface area contributed by atoms with Gasteiger partial charge in [0.25, 0.3) is 0 Å². The number of piperidine rings is 1. The van der Waals surface area contributed by atoms with Gasteiger partial charge in [-0.1, -0.05) is 0 Å². The van der Waals surface area contributed by atoms with Gasteiger partial charge in [0, 0.05) is 19.1 Å². The van der Waals surface area contributed by atoms with Gasteiger partial charge in [-0.2, -0.15) is 0 Å². The van der Waals surface area contributed by atoms with Crippen LogP contribution in [0.2, 0.25) is 0 Å². The van der Waals surface area contributed by atoms with E-state index in [9.17, 15) is 9.18 Å². The standard InChI is InChI=1S/C15H21FN2O2/c1-17(2)14-4-3-5-18(10-14)9-11-6-12(15(19)20)8-13(16)7-11/h6-8,14H,3-5,9-10H2,1-2H3,(H,19,20). The fourth-order valence-corrected chi connectivity index (χ4v) is 2.72. The lowest BCUT2D eigenvalue weighted by atomic mass is 10.0. The molecule has 1 N–H and O–H groups in total. The zero-order valence-corrected chi connectivity index (χ0v) is 12.0. The number of likely N-dealkylation sites (tertiary alicyclic amines) is 1. The van der Waals surface area contributed by atoms with Gasteiger partial charge in [-0.15, -0.1) is 0 Å². The maximum Gasteiger partial charge on any atom is 0.335 e. The second-order valence-corrected chi connectivity index (χ2v) is 5.65. The Morgan fingerprint density at radius 2 is 2.20 bits per heavy atom. The van der Waals surface area contributed by atoms with Crippen molar-refractivity contribution in [3.63, 3.8) is 0 Å². The van der Waals surface area contributed by atoms with Gasteiger partial charge in [-0.3, -0.25) is 4.90 Å². The first-order valence-electron chi connectivity index (χ1n) is 6.87. The minimum absolute atomic E-state index is 0.0150. The van der Waals surface area contributed by atoms with E-state index in [4.69, 9.17) is 5.11 Å². The number of halogens is 1. The Morgan fingerprint density at radius 3 is 2.85 bits per heavy atom. The van der Waals surface area contributed by atoms with Crippen LogP contribution in [0.15, 0.2) is 18.2 Å². The first-order chi connectivity index (χ1) is 9.45. The molecule has 1 heterocycles. The summed E-state index contributed by atoms with van der Waals surface area (Å²) in [5.74, 6) is -1.57. The largest absolute Gasteiger partial charge is 0.478 e. The number of rotatable bonds is 4. The molecule has 1 aliphatic heterocycles. The molecule has 20 heavy (non-hydrogen) atoms. The van der Waals surface area contributed by atoms with E-state index in [0.717, 1.165) is 31.1 Å². The van der Waals surface area contributed by atoms with Gasteiger partial charge < -0.3 is 10.0 Å². The number of carboxylic acid groups (broad SMARTS) is 1. The molecule has 2 rings (SSSR count). The summed E-state index contributed by atoms with van der Waals surface area (Å²) in [5, 5.41) is 8.97. The summed E-state index contributed by atoms with van der Waals surface area (Å²) in [7, 11) is 4.14. The highest BCUT2D eigenvalue weighted by Crippen LogP contribution is 2.18. The van der Waals surface area contributed by atoms with Gasteiger partial charge in [0.15, 0.2) is 0 Å². The molecule has 0 aliphatic carbocycles. The number of aromatic carboxylic acids is 1. The van der Waals surface area contributed by atoms with Gasteiger partial charge in [-0.05, 0) is 57.2 Å². The van der Waals surface area contributed by atoms with Crippen molar-refractivity contribution in [3.8, 4) is 0 Å². The molecule has 110 valence electrons. The topological polar surface area (TPSA) is 43.8 Å². The number of carbonyl (C=O) groups is 1. The van der Waals surface area contributed by atoms with Crippen LogP contribution >= 0.6 is 0 Å². The number of likely N-dealkylation sites (N-methyl/N-ethyl adjacent to an activating group) is 1. The van der Waals surface area contributed by atoms with Crippen LogP contribution in [0.4, 0.5) is 4.39 Å². The molecular weight excluding hydrogens is 259 g/mol. The molecule has 0 saturated carbocycles. The van der Waals surface area contributed by atoms with Crippen molar-refractivity contribution >= 4 is 5.97 Å². The second-order valence-electron chi connectivity index (χ2n) is 5.65. The van der Waals surface area contributed by atoms with Crippen LogP contribution in [0.3, 0.4) is 0 Å². The zero-order chi connectivity index (χ0) is 14.7. The molecule has 0 amide bonds. The summed E-state index contributed by atoms with van der Waals surface area (Å²) in [4.78, 5) is 15.4. The fraction of sp³-hybridized carbons (Fsp3) is 0.533. The van der Waals surface area contributed by atoms with Gasteiger partial charge in [0.1, 0.15) is 5.82 Å². The Labute approximate surface area is 118 Å². The highest BCUT2D eigenvalue weighted by atomic mass is 19.1. The van der Waals surface area contributed by atoms with E-state index >= 15 is 0 Å². The monoisotopic (exact) mass is 280 g/mol. The molecule has 0 radical (unpaired) electrons. The second kappa shape index (κ2) is 6.33. The molecule has 0 spiro atoms. The van der Waals surface area contributed by atoms with E-state index in [-0.39, 0.29) is 5.56 Å². The van der Waals surface area contributed by atoms with Crippen LogP contribution in [-0.4, -0.2) is 54.1 Å². The van der Waals surface area contributed by atoms with Gasteiger partial charge in [0.05, 0.1) is 5.56 Å². The van der Waals surface area contributed by atoms with Crippen LogP contribution in [0.5, 0.6) is 0 Å². The Bertz CT molecular complexity index is 491. The fourth-order valence-electron chi connectivity index (χ4n) is 2.72. The van der Waals surface area contributed by atoms with E-state index in [1.54, 1.807) is 6.07 Å². The summed E-state index contributed by atoms with van der Waals surface area (Å²) in [6.45, 7) is 2.51. The Morgan fingerprint density at radius 1 is 1.45 bits per heavy atom. The first-order valence-corrected chi connectivity index (χ1v) is 6.87. The molecule has 1 saturated heterocycles. The average Bonchev–Trinajstić information content (AvgIpc) is 2.38. The number of hydrogen-bond acceptors (Lipinski definition) is 3. The summed E-state index contributed by atoms with van der Waals surface area (Å²) >= 11 is 0. The van der Waals surface area contributed by atoms with Crippen molar-refractivity contribution in [2.24, 2.45) is 0 Å². The zero-order valence-electron chi connectivity index (χ0n) is 12.0. The third-order valence-electron chi connectivity index (χ3n) is 3.82. The molecule has 0 aromatic heterocycles. The van der Waals surface area contributed by atoms with Gasteiger partial charge in [-0.25, -0.2) is 9.18 Å². The number of hydrogen-bond donors (Lipinski definition) is 1. The van der Waals surface area contributed by atoms with Crippen molar-refractivity contribution < 1.29 is 14.3 Å². The Balaban J connectivity index is 2.07. The van der Waals surface area contributed by atoms with E-state index in [2.05, 4.69) is 23.9 Å². The lowest BCUT2D eigenvalue weighted by molar-refractivity contribution is 0.0696. The predicted molar refractivity (Wildman–Crippen MR) is 75.3 cm³/mol. The predicted octanol–water partition coefficient (Wildman–Crippen LogP) is 2.05. The minimum Gasteiger partial charge on any atom is -0.478 e. The van der Waals surface area contributed by atoms with Crippen LogP contribution in [-0.2, 0) is 6.54 Å². The SMILES string of the molecule is CN(C)C1CCCN(Cc2cc(F)cc(C(=O)O)c2)C1. The third-order valence-corrected chi connectivity index (χ3v) is 3.82. The molecular formula is C15H21FN2O2. The first kappa shape index (κ1) is 14.9. The molecule has 4 nitrogen and oxygen atoms in total. The molecule has 1 atom stereocenters. The molecule has 5 heteroatoms. The third kappa shape index (κ3) is 3.77. The van der Waals surface area contributed by atoms with E-state index < -0.39 is 11.8 Å². The summed E-state index contributed by atoms with van der Waals surface area (Å²) in [6.07, 6.45) is 2.29. The minimum atomic E-state index is -1.09. The molecule has 1 unspecified atom stereocenters. The summed E-state index contributed by atoms with van der Waals surface area (Å²) in [5.41, 5.74) is 0.739. The smallest absolute Gasteiger partial charge is 0.335 e.